The van der Waals surface area contributed by atoms with E-state index in [0.29, 0.717) is 0 Å². The minimum atomic E-state index is -0.131. The van der Waals surface area contributed by atoms with E-state index in [9.17, 15) is 0 Å². The Hall–Kier alpha value is -6.09. The Bertz CT molecular complexity index is 3060. The summed E-state index contributed by atoms with van der Waals surface area (Å²) in [5.41, 5.74) is 12.6. The minimum absolute atomic E-state index is 0.131. The summed E-state index contributed by atoms with van der Waals surface area (Å²) in [6.45, 7) is 4.78. The zero-order valence-corrected chi connectivity index (χ0v) is 29.8. The van der Waals surface area contributed by atoms with Gasteiger partial charge in [-0.1, -0.05) is 147 Å². The lowest BCUT2D eigenvalue weighted by Crippen LogP contribution is -2.14. The van der Waals surface area contributed by atoms with Crippen LogP contribution in [0.3, 0.4) is 0 Å². The molecule has 1 aromatic heterocycles. The van der Waals surface area contributed by atoms with Gasteiger partial charge in [-0.25, -0.2) is 4.98 Å². The van der Waals surface area contributed by atoms with Crippen LogP contribution in [0.25, 0.3) is 97.3 Å². The molecule has 0 unspecified atom stereocenters. The summed E-state index contributed by atoms with van der Waals surface area (Å²) in [4.78, 5) is 5.13. The van der Waals surface area contributed by atoms with E-state index in [-0.39, 0.29) is 5.41 Å². The smallest absolute Gasteiger partial charge is 0.124 e. The van der Waals surface area contributed by atoms with Crippen LogP contribution in [0.2, 0.25) is 0 Å². The number of benzene rings is 9. The van der Waals surface area contributed by atoms with E-state index in [1.165, 1.54) is 92.3 Å². The predicted octanol–water partition coefficient (Wildman–Crippen LogP) is 14.2. The van der Waals surface area contributed by atoms with Crippen LogP contribution in [0, 0.1) is 0 Å². The molecule has 0 spiro atoms. The lowest BCUT2D eigenvalue weighted by molar-refractivity contribution is 0.661. The first kappa shape index (κ1) is 29.6. The first-order valence-corrected chi connectivity index (χ1v) is 18.9. The number of rotatable bonds is 3. The van der Waals surface area contributed by atoms with Gasteiger partial charge in [0, 0.05) is 11.0 Å². The van der Waals surface area contributed by atoms with E-state index in [1.54, 1.807) is 11.3 Å². The van der Waals surface area contributed by atoms with Crippen LogP contribution in [0.1, 0.15) is 25.0 Å². The Morgan fingerprint density at radius 2 is 1.00 bits per heavy atom. The molecule has 11 rings (SSSR count). The summed E-state index contributed by atoms with van der Waals surface area (Å²) in [7, 11) is 0. The van der Waals surface area contributed by atoms with Crippen LogP contribution in [-0.4, -0.2) is 4.98 Å². The van der Waals surface area contributed by atoms with Crippen molar-refractivity contribution < 1.29 is 0 Å². The first-order chi connectivity index (χ1) is 25.5. The lowest BCUT2D eigenvalue weighted by atomic mass is 9.79. The number of hydrogen-bond donors (Lipinski definition) is 0. The average molecular weight is 680 g/mol. The molecule has 0 atom stereocenters. The molecular formula is C50H33NS. The van der Waals surface area contributed by atoms with E-state index in [4.69, 9.17) is 4.98 Å². The van der Waals surface area contributed by atoms with Crippen molar-refractivity contribution in [2.24, 2.45) is 0 Å². The number of fused-ring (bicyclic) bond motifs is 8. The Kier molecular flexibility index (Phi) is 6.24. The van der Waals surface area contributed by atoms with Crippen LogP contribution in [0.15, 0.2) is 164 Å². The van der Waals surface area contributed by atoms with Gasteiger partial charge in [-0.3, -0.25) is 0 Å². The standard InChI is InChI=1S/C50H33NS/c1-50(2)43-22-8-7-19-35(43)39-28-41-42(29-44(39)50)48(37-21-12-16-31-14-4-6-18-34(31)37)40-27-32(49-51-45-23-9-10-24-46(45)52-49)25-26-38(40)47(41)36-20-11-15-30-13-3-5-17-33(30)36/h3-29H,1-2H3. The van der Waals surface area contributed by atoms with Gasteiger partial charge in [-0.05, 0) is 118 Å². The zero-order valence-electron chi connectivity index (χ0n) is 28.9. The third-order valence-electron chi connectivity index (χ3n) is 11.5. The maximum absolute atomic E-state index is 5.13. The number of hydrogen-bond acceptors (Lipinski definition) is 2. The third kappa shape index (κ3) is 4.19. The highest BCUT2D eigenvalue weighted by atomic mass is 32.1. The van der Waals surface area contributed by atoms with E-state index in [1.807, 2.05) is 0 Å². The van der Waals surface area contributed by atoms with Gasteiger partial charge in [-0.2, -0.15) is 0 Å². The van der Waals surface area contributed by atoms with Crippen molar-refractivity contribution >= 4 is 64.6 Å². The maximum Gasteiger partial charge on any atom is 0.124 e. The Labute approximate surface area is 306 Å². The second-order valence-electron chi connectivity index (χ2n) is 14.7. The largest absolute Gasteiger partial charge is 0.236 e. The van der Waals surface area contributed by atoms with E-state index in [2.05, 4.69) is 178 Å². The molecular weight excluding hydrogens is 647 g/mol. The highest BCUT2D eigenvalue weighted by Gasteiger charge is 2.36. The van der Waals surface area contributed by atoms with E-state index in [0.717, 1.165) is 16.1 Å². The highest BCUT2D eigenvalue weighted by molar-refractivity contribution is 7.21. The summed E-state index contributed by atoms with van der Waals surface area (Å²) in [6, 6.07) is 60.8. The zero-order chi connectivity index (χ0) is 34.6. The summed E-state index contributed by atoms with van der Waals surface area (Å²) in [5, 5.41) is 11.1. The molecule has 0 amide bonds. The van der Waals surface area contributed by atoms with Crippen molar-refractivity contribution in [3.8, 4) is 44.0 Å². The van der Waals surface area contributed by atoms with Crippen LogP contribution in [0.4, 0.5) is 0 Å². The van der Waals surface area contributed by atoms with Gasteiger partial charge in [0.15, 0.2) is 0 Å². The maximum atomic E-state index is 5.13. The van der Waals surface area contributed by atoms with Crippen molar-refractivity contribution in [3.63, 3.8) is 0 Å². The SMILES string of the molecule is CC1(C)c2ccccc2-c2cc3c(-c4cccc5ccccc45)c4ccc(-c5nc6ccccc6s5)cc4c(-c4cccc5ccccc45)c3cc21. The number of thiazole rings is 1. The molecule has 0 fully saturated rings. The van der Waals surface area contributed by atoms with Crippen molar-refractivity contribution in [2.75, 3.05) is 0 Å². The number of nitrogens with zero attached hydrogens (tertiary/aromatic N) is 1. The van der Waals surface area contributed by atoms with Gasteiger partial charge in [0.1, 0.15) is 5.01 Å². The molecule has 0 radical (unpaired) electrons. The molecule has 0 aliphatic heterocycles. The normalized spacial score (nSPS) is 13.3. The summed E-state index contributed by atoms with van der Waals surface area (Å²) in [6.07, 6.45) is 0. The van der Waals surface area contributed by atoms with Gasteiger partial charge in [0.25, 0.3) is 0 Å². The third-order valence-corrected chi connectivity index (χ3v) is 12.6. The van der Waals surface area contributed by atoms with E-state index >= 15 is 0 Å². The number of para-hydroxylation sites is 1. The predicted molar refractivity (Wildman–Crippen MR) is 224 cm³/mol. The molecule has 0 bridgehead atoms. The fourth-order valence-corrected chi connectivity index (χ4v) is 9.98. The van der Waals surface area contributed by atoms with Gasteiger partial charge < -0.3 is 0 Å². The fourth-order valence-electron chi connectivity index (χ4n) is 9.02. The topological polar surface area (TPSA) is 12.9 Å². The molecule has 1 aliphatic carbocycles. The summed E-state index contributed by atoms with van der Waals surface area (Å²) < 4.78 is 1.21. The molecule has 2 heteroatoms. The van der Waals surface area contributed by atoms with Crippen LogP contribution < -0.4 is 0 Å². The Balaban J connectivity index is 1.36. The molecule has 1 aliphatic rings. The summed E-state index contributed by atoms with van der Waals surface area (Å²) >= 11 is 1.77. The highest BCUT2D eigenvalue weighted by Crippen LogP contribution is 2.54. The quantitative estimate of drug-likeness (QED) is 0.169. The Morgan fingerprint density at radius 3 is 1.75 bits per heavy atom. The van der Waals surface area contributed by atoms with Gasteiger partial charge in [0.05, 0.1) is 10.2 Å². The van der Waals surface area contributed by atoms with Gasteiger partial charge >= 0.3 is 0 Å². The van der Waals surface area contributed by atoms with Crippen LogP contribution in [0.5, 0.6) is 0 Å². The lowest BCUT2D eigenvalue weighted by Gasteiger charge is -2.24. The monoisotopic (exact) mass is 679 g/mol. The molecule has 0 saturated heterocycles. The molecule has 9 aromatic carbocycles. The molecule has 1 heterocycles. The van der Waals surface area contributed by atoms with Crippen LogP contribution in [-0.2, 0) is 5.41 Å². The summed E-state index contributed by atoms with van der Waals surface area (Å²) in [5.74, 6) is 0. The van der Waals surface area contributed by atoms with Crippen molar-refractivity contribution in [2.45, 2.75) is 19.3 Å². The molecule has 0 saturated carbocycles. The fraction of sp³-hybridized carbons (Fsp3) is 0.0600. The second-order valence-corrected chi connectivity index (χ2v) is 15.7. The Morgan fingerprint density at radius 1 is 0.423 bits per heavy atom. The van der Waals surface area contributed by atoms with Crippen molar-refractivity contribution in [1.29, 1.82) is 0 Å². The molecule has 52 heavy (non-hydrogen) atoms. The van der Waals surface area contributed by atoms with Gasteiger partial charge in [-0.15, -0.1) is 11.3 Å². The van der Waals surface area contributed by atoms with Crippen molar-refractivity contribution in [1.82, 2.24) is 4.98 Å². The second kappa shape index (κ2) is 11.0. The minimum Gasteiger partial charge on any atom is -0.236 e. The molecule has 1 nitrogen and oxygen atoms in total. The van der Waals surface area contributed by atoms with Gasteiger partial charge in [0.2, 0.25) is 0 Å². The number of aromatic nitrogens is 1. The van der Waals surface area contributed by atoms with Crippen molar-refractivity contribution in [3.05, 3.63) is 175 Å². The van der Waals surface area contributed by atoms with Crippen LogP contribution >= 0.6 is 11.3 Å². The molecule has 244 valence electrons. The average Bonchev–Trinajstić information content (AvgIpc) is 3.72. The van der Waals surface area contributed by atoms with E-state index < -0.39 is 0 Å². The molecule has 10 aromatic rings. The first-order valence-electron chi connectivity index (χ1n) is 18.0. The molecule has 0 N–H and O–H groups in total.